The topological polar surface area (TPSA) is 79.7 Å². The number of hydrogen-bond acceptors (Lipinski definition) is 5. The quantitative estimate of drug-likeness (QED) is 0.714. The molecule has 1 aromatic carbocycles. The van der Waals surface area contributed by atoms with E-state index in [2.05, 4.69) is 10.2 Å². The van der Waals surface area contributed by atoms with Gasteiger partial charge in [-0.05, 0) is 37.3 Å². The molecule has 2 fully saturated rings. The van der Waals surface area contributed by atoms with Gasteiger partial charge in [-0.25, -0.2) is 9.48 Å². The molecule has 1 aliphatic carbocycles. The van der Waals surface area contributed by atoms with Gasteiger partial charge in [0.25, 0.3) is 0 Å². The third kappa shape index (κ3) is 5.88. The fourth-order valence-corrected chi connectivity index (χ4v) is 3.86. The zero-order valence-electron chi connectivity index (χ0n) is 19.0. The van der Waals surface area contributed by atoms with Crippen molar-refractivity contribution in [2.45, 2.75) is 39.0 Å². The molecule has 0 bridgehead atoms. The van der Waals surface area contributed by atoms with Gasteiger partial charge in [0.15, 0.2) is 0 Å². The fourth-order valence-electron chi connectivity index (χ4n) is 3.86. The van der Waals surface area contributed by atoms with E-state index in [0.29, 0.717) is 43.9 Å². The number of hydrogen-bond donors (Lipinski definition) is 1. The minimum atomic E-state index is -0.260. The van der Waals surface area contributed by atoms with E-state index in [4.69, 9.17) is 9.84 Å². The molecule has 1 aliphatic heterocycles. The maximum Gasteiger partial charge on any atom is 0.409 e. The van der Waals surface area contributed by atoms with Crippen LogP contribution in [0.1, 0.15) is 44.7 Å². The molecule has 172 valence electrons. The smallest absolute Gasteiger partial charge is 0.409 e. The predicted octanol–water partition coefficient (Wildman–Crippen LogP) is 3.49. The Morgan fingerprint density at radius 1 is 1.12 bits per heavy atom. The van der Waals surface area contributed by atoms with Crippen LogP contribution in [-0.4, -0.2) is 70.9 Å². The minimum absolute atomic E-state index is 0.0692. The van der Waals surface area contributed by atoms with E-state index < -0.39 is 0 Å². The second-order valence-corrected chi connectivity index (χ2v) is 9.11. The van der Waals surface area contributed by atoms with E-state index in [1.165, 1.54) is 0 Å². The minimum Gasteiger partial charge on any atom is -0.449 e. The van der Waals surface area contributed by atoms with Crippen molar-refractivity contribution in [2.75, 3.05) is 44.6 Å². The monoisotopic (exact) mass is 439 g/mol. The van der Waals surface area contributed by atoms with Crippen molar-refractivity contribution < 1.29 is 14.3 Å². The first-order chi connectivity index (χ1) is 15.5. The Hall–Kier alpha value is -2.87. The lowest BCUT2D eigenvalue weighted by atomic mass is 10.2. The summed E-state index contributed by atoms with van der Waals surface area (Å²) in [6, 6.07) is 11.9. The molecule has 0 atom stereocenters. The highest BCUT2D eigenvalue weighted by Crippen LogP contribution is 2.40. The molecular formula is C24H33N5O3. The van der Waals surface area contributed by atoms with Gasteiger partial charge in [-0.15, -0.1) is 0 Å². The van der Waals surface area contributed by atoms with Crippen molar-refractivity contribution >= 4 is 17.8 Å². The SMILES string of the molecule is CC(C)COC(=O)N1CCCN(CC(=O)Nc2cc(C3CC3)nn2-c2ccccc2)CC1. The predicted molar refractivity (Wildman–Crippen MR) is 123 cm³/mol. The van der Waals surface area contributed by atoms with Gasteiger partial charge >= 0.3 is 6.09 Å². The van der Waals surface area contributed by atoms with Crippen LogP contribution >= 0.6 is 0 Å². The Bertz CT molecular complexity index is 923. The summed E-state index contributed by atoms with van der Waals surface area (Å²) < 4.78 is 7.18. The van der Waals surface area contributed by atoms with E-state index in [9.17, 15) is 9.59 Å². The maximum atomic E-state index is 12.9. The van der Waals surface area contributed by atoms with Gasteiger partial charge in [0.1, 0.15) is 5.82 Å². The van der Waals surface area contributed by atoms with E-state index in [-0.39, 0.29) is 18.5 Å². The molecule has 2 aromatic rings. The van der Waals surface area contributed by atoms with E-state index in [1.54, 1.807) is 4.90 Å². The number of rotatable bonds is 7. The zero-order valence-corrected chi connectivity index (χ0v) is 19.0. The first-order valence-corrected chi connectivity index (χ1v) is 11.6. The Labute approximate surface area is 189 Å². The van der Waals surface area contributed by atoms with Crippen LogP contribution in [0.25, 0.3) is 5.69 Å². The molecule has 4 rings (SSSR count). The second kappa shape index (κ2) is 10.2. The van der Waals surface area contributed by atoms with Gasteiger partial charge in [-0.3, -0.25) is 9.69 Å². The van der Waals surface area contributed by atoms with Gasteiger partial charge in [-0.2, -0.15) is 5.10 Å². The molecule has 0 spiro atoms. The first-order valence-electron chi connectivity index (χ1n) is 11.6. The van der Waals surface area contributed by atoms with Crippen LogP contribution in [0.2, 0.25) is 0 Å². The van der Waals surface area contributed by atoms with Gasteiger partial charge < -0.3 is 15.0 Å². The molecule has 1 N–H and O–H groups in total. The van der Waals surface area contributed by atoms with Gasteiger partial charge in [0.05, 0.1) is 24.5 Å². The van der Waals surface area contributed by atoms with Crippen molar-refractivity contribution in [1.82, 2.24) is 19.6 Å². The summed E-state index contributed by atoms with van der Waals surface area (Å²) in [5.41, 5.74) is 1.97. The third-order valence-electron chi connectivity index (χ3n) is 5.75. The summed E-state index contributed by atoms with van der Waals surface area (Å²) in [4.78, 5) is 29.0. The van der Waals surface area contributed by atoms with Crippen molar-refractivity contribution in [2.24, 2.45) is 5.92 Å². The van der Waals surface area contributed by atoms with Crippen LogP contribution < -0.4 is 5.32 Å². The second-order valence-electron chi connectivity index (χ2n) is 9.11. The molecule has 0 radical (unpaired) electrons. The number of benzene rings is 1. The highest BCUT2D eigenvalue weighted by atomic mass is 16.6. The van der Waals surface area contributed by atoms with Crippen molar-refractivity contribution in [3.63, 3.8) is 0 Å². The van der Waals surface area contributed by atoms with Crippen LogP contribution in [0.5, 0.6) is 0 Å². The first kappa shape index (κ1) is 22.3. The average Bonchev–Trinajstić information content (AvgIpc) is 3.58. The van der Waals surface area contributed by atoms with Crippen molar-refractivity contribution in [3.8, 4) is 5.69 Å². The van der Waals surface area contributed by atoms with Crippen LogP contribution in [0.4, 0.5) is 10.6 Å². The van der Waals surface area contributed by atoms with Crippen molar-refractivity contribution in [1.29, 1.82) is 0 Å². The van der Waals surface area contributed by atoms with Gasteiger partial charge in [0, 0.05) is 38.2 Å². The number of ether oxygens (including phenoxy) is 1. The normalized spacial score (nSPS) is 17.3. The van der Waals surface area contributed by atoms with Crippen LogP contribution in [0.15, 0.2) is 36.4 Å². The number of anilines is 1. The summed E-state index contributed by atoms with van der Waals surface area (Å²) in [7, 11) is 0. The highest BCUT2D eigenvalue weighted by molar-refractivity contribution is 5.91. The largest absolute Gasteiger partial charge is 0.449 e. The van der Waals surface area contributed by atoms with E-state index in [0.717, 1.165) is 37.2 Å². The number of para-hydroxylation sites is 1. The Kier molecular flexibility index (Phi) is 7.09. The molecule has 1 aromatic heterocycles. The van der Waals surface area contributed by atoms with E-state index >= 15 is 0 Å². The average molecular weight is 440 g/mol. The van der Waals surface area contributed by atoms with Gasteiger partial charge in [0.2, 0.25) is 5.91 Å². The fraction of sp³-hybridized carbons (Fsp3) is 0.542. The van der Waals surface area contributed by atoms with Gasteiger partial charge in [-0.1, -0.05) is 32.0 Å². The number of nitrogens with one attached hydrogen (secondary N) is 1. The molecule has 2 aliphatic rings. The number of carbonyl (C=O) groups is 2. The molecule has 8 nitrogen and oxygen atoms in total. The lowest BCUT2D eigenvalue weighted by Crippen LogP contribution is -2.38. The molecular weight excluding hydrogens is 406 g/mol. The summed E-state index contributed by atoms with van der Waals surface area (Å²) in [6.07, 6.45) is 2.87. The lowest BCUT2D eigenvalue weighted by Gasteiger charge is -2.21. The Balaban J connectivity index is 1.34. The molecule has 8 heteroatoms. The molecule has 32 heavy (non-hydrogen) atoms. The zero-order chi connectivity index (χ0) is 22.5. The summed E-state index contributed by atoms with van der Waals surface area (Å²) >= 11 is 0. The number of amides is 2. The summed E-state index contributed by atoms with van der Waals surface area (Å²) in [6.45, 7) is 7.40. The van der Waals surface area contributed by atoms with Crippen LogP contribution in [0.3, 0.4) is 0 Å². The number of carbonyl (C=O) groups excluding carboxylic acids is 2. The van der Waals surface area contributed by atoms with Crippen LogP contribution in [0, 0.1) is 5.92 Å². The molecule has 0 unspecified atom stereocenters. The molecule has 2 heterocycles. The number of nitrogens with zero attached hydrogens (tertiary/aromatic N) is 4. The Morgan fingerprint density at radius 3 is 2.62 bits per heavy atom. The molecule has 2 amide bonds. The summed E-state index contributed by atoms with van der Waals surface area (Å²) in [5.74, 6) is 1.45. The van der Waals surface area contributed by atoms with Crippen molar-refractivity contribution in [3.05, 3.63) is 42.1 Å². The summed E-state index contributed by atoms with van der Waals surface area (Å²) in [5, 5.41) is 7.81. The number of aromatic nitrogens is 2. The molecule has 1 saturated heterocycles. The Morgan fingerprint density at radius 2 is 1.91 bits per heavy atom. The van der Waals surface area contributed by atoms with E-state index in [1.807, 2.05) is 54.9 Å². The highest BCUT2D eigenvalue weighted by Gasteiger charge is 2.28. The lowest BCUT2D eigenvalue weighted by molar-refractivity contribution is -0.117. The van der Waals surface area contributed by atoms with Crippen LogP contribution in [-0.2, 0) is 9.53 Å². The third-order valence-corrected chi connectivity index (χ3v) is 5.75. The maximum absolute atomic E-state index is 12.9. The standard InChI is InChI=1S/C24H33N5O3/c1-18(2)17-32-24(31)28-12-6-11-27(13-14-28)16-23(30)25-22-15-21(19-9-10-19)26-29(22)20-7-4-3-5-8-20/h3-5,7-8,15,18-19H,6,9-14,16-17H2,1-2H3,(H,25,30). The molecule has 1 saturated carbocycles.